The summed E-state index contributed by atoms with van der Waals surface area (Å²) < 4.78 is 10.6. The first kappa shape index (κ1) is 13.7. The van der Waals surface area contributed by atoms with E-state index in [1.54, 1.807) is 14.2 Å². The lowest BCUT2D eigenvalue weighted by atomic mass is 10.1. The molecule has 0 aromatic heterocycles. The Hall–Kier alpha value is -1.71. The quantitative estimate of drug-likeness (QED) is 0.907. The van der Waals surface area contributed by atoms with E-state index in [0.29, 0.717) is 0 Å². The third-order valence-corrected chi connectivity index (χ3v) is 3.35. The van der Waals surface area contributed by atoms with Crippen molar-refractivity contribution in [3.05, 3.63) is 23.8 Å². The molecule has 0 bridgehead atoms. The van der Waals surface area contributed by atoms with E-state index in [0.717, 1.165) is 42.4 Å². The van der Waals surface area contributed by atoms with E-state index in [1.165, 1.54) is 19.3 Å². The fraction of sp³-hybridized carbons (Fsp3) is 0.533. The lowest BCUT2D eigenvalue weighted by Gasteiger charge is -2.12. The van der Waals surface area contributed by atoms with E-state index >= 15 is 0 Å². The van der Waals surface area contributed by atoms with Gasteiger partial charge in [0.05, 0.1) is 20.1 Å². The number of methoxy groups -OCH3 is 2. The Kier molecular flexibility index (Phi) is 5.07. The monoisotopic (exact) mass is 262 g/mol. The minimum Gasteiger partial charge on any atom is -0.497 e. The van der Waals surface area contributed by atoms with E-state index in [-0.39, 0.29) is 0 Å². The van der Waals surface area contributed by atoms with Gasteiger partial charge in [0, 0.05) is 31.1 Å². The summed E-state index contributed by atoms with van der Waals surface area (Å²) in [5.74, 6) is 2.78. The maximum Gasteiger partial charge on any atom is 0.127 e. The van der Waals surface area contributed by atoms with Gasteiger partial charge in [0.25, 0.3) is 0 Å². The number of nitrogens with one attached hydrogen (secondary N) is 1. The van der Waals surface area contributed by atoms with Crippen LogP contribution in [0.15, 0.2) is 23.2 Å². The van der Waals surface area contributed by atoms with Gasteiger partial charge in [0.15, 0.2) is 0 Å². The van der Waals surface area contributed by atoms with E-state index in [2.05, 4.69) is 10.3 Å². The minimum absolute atomic E-state index is 0.742. The second-order valence-corrected chi connectivity index (χ2v) is 4.67. The van der Waals surface area contributed by atoms with Crippen LogP contribution in [0.1, 0.15) is 31.2 Å². The maximum absolute atomic E-state index is 5.39. The molecule has 2 rings (SSSR count). The van der Waals surface area contributed by atoms with Crippen LogP contribution in [0.3, 0.4) is 0 Å². The van der Waals surface area contributed by atoms with Gasteiger partial charge in [-0.3, -0.25) is 4.99 Å². The molecule has 0 amide bonds. The topological polar surface area (TPSA) is 42.8 Å². The largest absolute Gasteiger partial charge is 0.497 e. The van der Waals surface area contributed by atoms with Crippen LogP contribution in [0.5, 0.6) is 11.5 Å². The van der Waals surface area contributed by atoms with Crippen LogP contribution in [-0.4, -0.2) is 26.6 Å². The molecule has 19 heavy (non-hydrogen) atoms. The zero-order chi connectivity index (χ0) is 13.5. The van der Waals surface area contributed by atoms with E-state index in [1.807, 2.05) is 18.2 Å². The van der Waals surface area contributed by atoms with Crippen molar-refractivity contribution in [2.45, 2.75) is 32.2 Å². The molecule has 1 aliphatic heterocycles. The van der Waals surface area contributed by atoms with Crippen molar-refractivity contribution in [3.8, 4) is 11.5 Å². The van der Waals surface area contributed by atoms with Crippen LogP contribution in [0.4, 0.5) is 0 Å². The number of ether oxygens (including phenoxy) is 2. The molecular formula is C15H22N2O2. The molecule has 1 N–H and O–H groups in total. The number of amidine groups is 1. The summed E-state index contributed by atoms with van der Waals surface area (Å²) >= 11 is 0. The van der Waals surface area contributed by atoms with Crippen LogP contribution in [0.25, 0.3) is 0 Å². The Morgan fingerprint density at radius 2 is 2.05 bits per heavy atom. The highest BCUT2D eigenvalue weighted by molar-refractivity contribution is 5.82. The molecule has 1 aliphatic rings. The normalized spacial score (nSPS) is 15.4. The van der Waals surface area contributed by atoms with Gasteiger partial charge in [-0.1, -0.05) is 6.42 Å². The third-order valence-electron chi connectivity index (χ3n) is 3.35. The number of hydrogen-bond donors (Lipinski definition) is 1. The predicted molar refractivity (Wildman–Crippen MR) is 77.2 cm³/mol. The van der Waals surface area contributed by atoms with Gasteiger partial charge in [-0.2, -0.15) is 0 Å². The number of nitrogens with zero attached hydrogens (tertiary/aromatic N) is 1. The lowest BCUT2D eigenvalue weighted by Crippen LogP contribution is -2.22. The predicted octanol–water partition coefficient (Wildman–Crippen LogP) is 2.77. The first-order valence-electron chi connectivity index (χ1n) is 6.81. The van der Waals surface area contributed by atoms with E-state index < -0.39 is 0 Å². The van der Waals surface area contributed by atoms with Crippen LogP contribution in [0, 0.1) is 0 Å². The molecule has 1 aromatic carbocycles. The SMILES string of the molecule is COc1ccc(CNC2=NCCCCC2)c(OC)c1. The number of rotatable bonds is 4. The molecule has 0 fully saturated rings. The summed E-state index contributed by atoms with van der Waals surface area (Å²) in [6.45, 7) is 1.69. The summed E-state index contributed by atoms with van der Waals surface area (Å²) in [7, 11) is 3.34. The zero-order valence-electron chi connectivity index (χ0n) is 11.7. The lowest BCUT2D eigenvalue weighted by molar-refractivity contribution is 0.390. The van der Waals surface area contributed by atoms with E-state index in [9.17, 15) is 0 Å². The molecule has 0 atom stereocenters. The zero-order valence-corrected chi connectivity index (χ0v) is 11.7. The van der Waals surface area contributed by atoms with Crippen LogP contribution < -0.4 is 14.8 Å². The molecule has 0 spiro atoms. The molecular weight excluding hydrogens is 240 g/mol. The fourth-order valence-electron chi connectivity index (χ4n) is 2.21. The van der Waals surface area contributed by atoms with Crippen LogP contribution >= 0.6 is 0 Å². The highest BCUT2D eigenvalue weighted by Gasteiger charge is 2.07. The van der Waals surface area contributed by atoms with Gasteiger partial charge < -0.3 is 14.8 Å². The van der Waals surface area contributed by atoms with Gasteiger partial charge in [0.1, 0.15) is 11.5 Å². The Morgan fingerprint density at radius 3 is 2.84 bits per heavy atom. The van der Waals surface area contributed by atoms with Crippen molar-refractivity contribution in [2.24, 2.45) is 4.99 Å². The maximum atomic E-state index is 5.39. The number of hydrogen-bond acceptors (Lipinski definition) is 4. The highest BCUT2D eigenvalue weighted by atomic mass is 16.5. The van der Waals surface area contributed by atoms with Crippen molar-refractivity contribution in [2.75, 3.05) is 20.8 Å². The molecule has 0 saturated heterocycles. The molecule has 1 heterocycles. The summed E-state index contributed by atoms with van der Waals surface area (Å²) in [5.41, 5.74) is 1.12. The molecule has 0 saturated carbocycles. The van der Waals surface area contributed by atoms with E-state index in [4.69, 9.17) is 9.47 Å². The molecule has 104 valence electrons. The summed E-state index contributed by atoms with van der Waals surface area (Å²) in [6.07, 6.45) is 4.77. The number of aliphatic imine (C=N–C) groups is 1. The third kappa shape index (κ3) is 3.88. The second kappa shape index (κ2) is 7.02. The summed E-state index contributed by atoms with van der Waals surface area (Å²) in [4.78, 5) is 4.57. The smallest absolute Gasteiger partial charge is 0.127 e. The fourth-order valence-corrected chi connectivity index (χ4v) is 2.21. The summed E-state index contributed by atoms with van der Waals surface area (Å²) in [5, 5.41) is 3.42. The number of benzene rings is 1. The standard InChI is InChI=1S/C15H22N2O2/c1-18-13-8-7-12(14(10-13)19-2)11-17-15-6-4-3-5-9-16-15/h7-8,10H,3-6,9,11H2,1-2H3,(H,16,17). The molecule has 4 nitrogen and oxygen atoms in total. The van der Waals surface area contributed by atoms with Crippen molar-refractivity contribution in [3.63, 3.8) is 0 Å². The van der Waals surface area contributed by atoms with Gasteiger partial charge in [-0.15, -0.1) is 0 Å². The molecule has 0 radical (unpaired) electrons. The molecule has 0 unspecified atom stereocenters. The first-order chi connectivity index (χ1) is 9.33. The Bertz CT molecular complexity index is 444. The highest BCUT2D eigenvalue weighted by Crippen LogP contribution is 2.24. The minimum atomic E-state index is 0.742. The Morgan fingerprint density at radius 1 is 1.16 bits per heavy atom. The van der Waals surface area contributed by atoms with Crippen LogP contribution in [0.2, 0.25) is 0 Å². The van der Waals surface area contributed by atoms with Gasteiger partial charge in [-0.05, 0) is 25.0 Å². The average molecular weight is 262 g/mol. The second-order valence-electron chi connectivity index (χ2n) is 4.67. The van der Waals surface area contributed by atoms with Crippen LogP contribution in [-0.2, 0) is 6.54 Å². The molecule has 1 aromatic rings. The summed E-state index contributed by atoms with van der Waals surface area (Å²) in [6, 6.07) is 5.89. The van der Waals surface area contributed by atoms with Crippen molar-refractivity contribution < 1.29 is 9.47 Å². The van der Waals surface area contributed by atoms with Gasteiger partial charge in [0.2, 0.25) is 0 Å². The van der Waals surface area contributed by atoms with Gasteiger partial charge >= 0.3 is 0 Å². The van der Waals surface area contributed by atoms with Crippen molar-refractivity contribution >= 4 is 5.84 Å². The molecule has 0 aliphatic carbocycles. The van der Waals surface area contributed by atoms with Gasteiger partial charge in [-0.25, -0.2) is 0 Å². The van der Waals surface area contributed by atoms with Crippen molar-refractivity contribution in [1.82, 2.24) is 5.32 Å². The van der Waals surface area contributed by atoms with Crippen molar-refractivity contribution in [1.29, 1.82) is 0 Å². The Labute approximate surface area is 114 Å². The average Bonchev–Trinajstić information content (AvgIpc) is 2.73. The molecule has 4 heteroatoms. The Balaban J connectivity index is 2.00. The first-order valence-corrected chi connectivity index (χ1v) is 6.81.